The standard InChI is InChI=1S/C18H23N7O2/c1-3-24-15-9-13(7-6-12(15)10-19-24)20-18(26)21-14-5-4-8-25-17(14)22-16(23-25)11-27-2/h6-7,9-10,14H,3-5,8,11H2,1-2H3,(H2,20,21,26). The van der Waals surface area contributed by atoms with Crippen molar-refractivity contribution in [3.8, 4) is 0 Å². The fraction of sp³-hybridized carbons (Fsp3) is 0.444. The number of carbonyl (C=O) groups is 1. The van der Waals surface area contributed by atoms with Crippen molar-refractivity contribution < 1.29 is 9.53 Å². The molecule has 0 bridgehead atoms. The van der Waals surface area contributed by atoms with Crippen molar-refractivity contribution in [2.75, 3.05) is 12.4 Å². The average Bonchev–Trinajstić information content (AvgIpc) is 3.25. The number of carbonyl (C=O) groups excluding carboxylic acids is 1. The van der Waals surface area contributed by atoms with Crippen molar-refractivity contribution in [1.29, 1.82) is 0 Å². The Morgan fingerprint density at radius 1 is 1.41 bits per heavy atom. The number of hydrogen-bond acceptors (Lipinski definition) is 5. The molecule has 4 rings (SSSR count). The Kier molecular flexibility index (Phi) is 4.76. The van der Waals surface area contributed by atoms with Crippen molar-refractivity contribution in [2.24, 2.45) is 0 Å². The number of benzene rings is 1. The van der Waals surface area contributed by atoms with Crippen LogP contribution in [-0.2, 0) is 24.4 Å². The van der Waals surface area contributed by atoms with E-state index < -0.39 is 0 Å². The summed E-state index contributed by atoms with van der Waals surface area (Å²) in [6.07, 6.45) is 3.60. The highest BCUT2D eigenvalue weighted by molar-refractivity contribution is 5.92. The fourth-order valence-electron chi connectivity index (χ4n) is 3.45. The van der Waals surface area contributed by atoms with Gasteiger partial charge in [0.25, 0.3) is 0 Å². The first kappa shape index (κ1) is 17.5. The van der Waals surface area contributed by atoms with E-state index >= 15 is 0 Å². The number of fused-ring (bicyclic) bond motifs is 2. The van der Waals surface area contributed by atoms with Gasteiger partial charge in [0.15, 0.2) is 5.82 Å². The largest absolute Gasteiger partial charge is 0.377 e. The summed E-state index contributed by atoms with van der Waals surface area (Å²) in [5.74, 6) is 1.42. The second-order valence-corrected chi connectivity index (χ2v) is 6.57. The summed E-state index contributed by atoms with van der Waals surface area (Å²) in [5.41, 5.74) is 1.73. The van der Waals surface area contributed by atoms with Crippen LogP contribution in [0.3, 0.4) is 0 Å². The van der Waals surface area contributed by atoms with E-state index in [1.807, 2.05) is 40.7 Å². The molecule has 1 aliphatic rings. The topological polar surface area (TPSA) is 98.9 Å². The third-order valence-electron chi connectivity index (χ3n) is 4.70. The minimum atomic E-state index is -0.258. The number of ether oxygens (including phenoxy) is 1. The van der Waals surface area contributed by atoms with E-state index in [0.29, 0.717) is 12.4 Å². The molecule has 3 aromatic rings. The molecule has 9 nitrogen and oxygen atoms in total. The van der Waals surface area contributed by atoms with E-state index in [-0.39, 0.29) is 12.1 Å². The van der Waals surface area contributed by atoms with Gasteiger partial charge in [-0.05, 0) is 38.0 Å². The highest BCUT2D eigenvalue weighted by Gasteiger charge is 2.25. The van der Waals surface area contributed by atoms with Crippen molar-refractivity contribution in [1.82, 2.24) is 29.9 Å². The maximum atomic E-state index is 12.5. The molecule has 3 heterocycles. The summed E-state index contributed by atoms with van der Waals surface area (Å²) in [4.78, 5) is 17.0. The predicted molar refractivity (Wildman–Crippen MR) is 100 cm³/mol. The van der Waals surface area contributed by atoms with Crippen LogP contribution in [0.5, 0.6) is 0 Å². The molecule has 1 atom stereocenters. The quantitative estimate of drug-likeness (QED) is 0.720. The molecule has 142 valence electrons. The van der Waals surface area contributed by atoms with Crippen LogP contribution in [-0.4, -0.2) is 37.7 Å². The van der Waals surface area contributed by atoms with E-state index in [1.54, 1.807) is 7.11 Å². The number of nitrogens with one attached hydrogen (secondary N) is 2. The lowest BCUT2D eigenvalue weighted by Crippen LogP contribution is -2.36. The molecule has 2 N–H and O–H groups in total. The third-order valence-corrected chi connectivity index (χ3v) is 4.70. The Hall–Kier alpha value is -2.94. The number of nitrogens with zero attached hydrogens (tertiary/aromatic N) is 5. The summed E-state index contributed by atoms with van der Waals surface area (Å²) in [6, 6.07) is 5.35. The van der Waals surface area contributed by atoms with Gasteiger partial charge in [-0.3, -0.25) is 4.68 Å². The predicted octanol–water partition coefficient (Wildman–Crippen LogP) is 2.45. The van der Waals surface area contributed by atoms with E-state index in [9.17, 15) is 4.79 Å². The van der Waals surface area contributed by atoms with Crippen molar-refractivity contribution >= 4 is 22.6 Å². The number of anilines is 1. The highest BCUT2D eigenvalue weighted by Crippen LogP contribution is 2.24. The minimum absolute atomic E-state index is 0.165. The fourth-order valence-corrected chi connectivity index (χ4v) is 3.45. The highest BCUT2D eigenvalue weighted by atomic mass is 16.5. The number of urea groups is 1. The molecule has 1 aromatic carbocycles. The van der Waals surface area contributed by atoms with Crippen molar-refractivity contribution in [3.63, 3.8) is 0 Å². The van der Waals surface area contributed by atoms with Gasteiger partial charge in [-0.2, -0.15) is 10.2 Å². The first-order chi connectivity index (χ1) is 13.2. The normalized spacial score (nSPS) is 16.3. The van der Waals surface area contributed by atoms with Gasteiger partial charge in [-0.25, -0.2) is 14.5 Å². The second kappa shape index (κ2) is 7.36. The van der Waals surface area contributed by atoms with Gasteiger partial charge in [-0.15, -0.1) is 0 Å². The van der Waals surface area contributed by atoms with E-state index in [1.165, 1.54) is 0 Å². The molecule has 0 saturated heterocycles. The monoisotopic (exact) mass is 369 g/mol. The molecule has 2 amide bonds. The van der Waals surface area contributed by atoms with Crippen LogP contribution in [0.25, 0.3) is 10.9 Å². The summed E-state index contributed by atoms with van der Waals surface area (Å²) in [6.45, 7) is 3.99. The van der Waals surface area contributed by atoms with Crippen molar-refractivity contribution in [2.45, 2.75) is 45.5 Å². The zero-order valence-corrected chi connectivity index (χ0v) is 15.5. The summed E-state index contributed by atoms with van der Waals surface area (Å²) in [5, 5.41) is 15.7. The van der Waals surface area contributed by atoms with Crippen LogP contribution in [0.15, 0.2) is 24.4 Å². The molecule has 2 aromatic heterocycles. The third kappa shape index (κ3) is 3.50. The smallest absolute Gasteiger partial charge is 0.319 e. The van der Waals surface area contributed by atoms with Gasteiger partial charge in [0.2, 0.25) is 0 Å². The number of rotatable bonds is 5. The zero-order valence-electron chi connectivity index (χ0n) is 15.5. The van der Waals surface area contributed by atoms with E-state index in [2.05, 4.69) is 25.8 Å². The minimum Gasteiger partial charge on any atom is -0.377 e. The summed E-state index contributed by atoms with van der Waals surface area (Å²) in [7, 11) is 1.62. The van der Waals surface area contributed by atoms with Crippen LogP contribution >= 0.6 is 0 Å². The van der Waals surface area contributed by atoms with E-state index in [0.717, 1.165) is 48.3 Å². The van der Waals surface area contributed by atoms with Crippen LogP contribution < -0.4 is 10.6 Å². The number of aryl methyl sites for hydroxylation is 2. The molecule has 27 heavy (non-hydrogen) atoms. The van der Waals surface area contributed by atoms with Crippen molar-refractivity contribution in [3.05, 3.63) is 36.0 Å². The van der Waals surface area contributed by atoms with Gasteiger partial charge < -0.3 is 15.4 Å². The zero-order chi connectivity index (χ0) is 18.8. The molecule has 9 heteroatoms. The van der Waals surface area contributed by atoms with Gasteiger partial charge in [0.1, 0.15) is 12.4 Å². The van der Waals surface area contributed by atoms with Crippen LogP contribution in [0.4, 0.5) is 10.5 Å². The molecular weight excluding hydrogens is 346 g/mol. The first-order valence-electron chi connectivity index (χ1n) is 9.13. The number of amides is 2. The SMILES string of the molecule is CCn1ncc2ccc(NC(=O)NC3CCCn4nc(COC)nc43)cc21. The Morgan fingerprint density at radius 2 is 2.30 bits per heavy atom. The Bertz CT molecular complexity index is 962. The number of methoxy groups -OCH3 is 1. The van der Waals surface area contributed by atoms with Gasteiger partial charge in [0, 0.05) is 31.3 Å². The number of hydrogen-bond donors (Lipinski definition) is 2. The molecular formula is C18H23N7O2. The molecule has 0 saturated carbocycles. The Balaban J connectivity index is 1.47. The number of aromatic nitrogens is 5. The molecule has 0 spiro atoms. The van der Waals surface area contributed by atoms with Crippen LogP contribution in [0.2, 0.25) is 0 Å². The molecule has 0 radical (unpaired) electrons. The molecule has 0 aliphatic carbocycles. The first-order valence-corrected chi connectivity index (χ1v) is 9.13. The Morgan fingerprint density at radius 3 is 3.11 bits per heavy atom. The lowest BCUT2D eigenvalue weighted by atomic mass is 10.1. The summed E-state index contributed by atoms with van der Waals surface area (Å²) >= 11 is 0. The lowest BCUT2D eigenvalue weighted by Gasteiger charge is -2.23. The van der Waals surface area contributed by atoms with Gasteiger partial charge in [0.05, 0.1) is 17.8 Å². The summed E-state index contributed by atoms with van der Waals surface area (Å²) < 4.78 is 8.86. The van der Waals surface area contributed by atoms with Gasteiger partial charge in [-0.1, -0.05) is 0 Å². The maximum absolute atomic E-state index is 12.5. The lowest BCUT2D eigenvalue weighted by molar-refractivity contribution is 0.177. The Labute approximate surface area is 156 Å². The van der Waals surface area contributed by atoms with Crippen LogP contribution in [0.1, 0.15) is 37.5 Å². The van der Waals surface area contributed by atoms with E-state index in [4.69, 9.17) is 4.74 Å². The van der Waals surface area contributed by atoms with Gasteiger partial charge >= 0.3 is 6.03 Å². The maximum Gasteiger partial charge on any atom is 0.319 e. The molecule has 1 unspecified atom stereocenters. The van der Waals surface area contributed by atoms with Crippen LogP contribution in [0, 0.1) is 0 Å². The molecule has 0 fully saturated rings. The second-order valence-electron chi connectivity index (χ2n) is 6.57. The average molecular weight is 369 g/mol. The molecule has 1 aliphatic heterocycles.